The van der Waals surface area contributed by atoms with Crippen molar-refractivity contribution in [3.05, 3.63) is 54.6 Å². The fourth-order valence-corrected chi connectivity index (χ4v) is 4.08. The van der Waals surface area contributed by atoms with Gasteiger partial charge in [0.05, 0.1) is 5.69 Å². The van der Waals surface area contributed by atoms with E-state index in [0.717, 1.165) is 49.9 Å². The van der Waals surface area contributed by atoms with Crippen LogP contribution in [0, 0.1) is 0 Å². The molecule has 2 heterocycles. The van der Waals surface area contributed by atoms with E-state index in [9.17, 15) is 4.79 Å². The third kappa shape index (κ3) is 5.29. The Morgan fingerprint density at radius 1 is 1.16 bits per heavy atom. The number of carbonyl (C=O) groups excluding carboxylic acids is 1. The third-order valence-electron chi connectivity index (χ3n) is 5.61. The summed E-state index contributed by atoms with van der Waals surface area (Å²) in [6.45, 7) is 6.28. The van der Waals surface area contributed by atoms with Crippen molar-refractivity contribution in [2.75, 3.05) is 49.1 Å². The van der Waals surface area contributed by atoms with Crippen LogP contribution < -0.4 is 25.2 Å². The Kier molecular flexibility index (Phi) is 6.92. The molecule has 1 fully saturated rings. The molecule has 7 heteroatoms. The molecular formula is C24H31N5O2. The number of aliphatic imine (C=N–C) groups is 1. The number of hydrogen-bond donors (Lipinski definition) is 2. The molecule has 1 amide bonds. The van der Waals surface area contributed by atoms with Gasteiger partial charge in [-0.2, -0.15) is 0 Å². The lowest BCUT2D eigenvalue weighted by molar-refractivity contribution is -0.121. The first kappa shape index (κ1) is 21.0. The maximum absolute atomic E-state index is 12.3. The van der Waals surface area contributed by atoms with Gasteiger partial charge in [-0.3, -0.25) is 9.79 Å². The summed E-state index contributed by atoms with van der Waals surface area (Å²) in [5, 5.41) is 6.92. The van der Waals surface area contributed by atoms with Crippen LogP contribution in [0.3, 0.4) is 0 Å². The number of nitrogens with one attached hydrogen (secondary N) is 2. The number of carbonyl (C=O) groups is 1. The second-order valence-corrected chi connectivity index (χ2v) is 7.83. The van der Waals surface area contributed by atoms with Gasteiger partial charge in [-0.15, -0.1) is 0 Å². The summed E-state index contributed by atoms with van der Waals surface area (Å²) >= 11 is 0. The van der Waals surface area contributed by atoms with Crippen LogP contribution in [0.4, 0.5) is 11.4 Å². The van der Waals surface area contributed by atoms with Gasteiger partial charge in [0.15, 0.2) is 12.6 Å². The number of amides is 1. The summed E-state index contributed by atoms with van der Waals surface area (Å²) in [6, 6.07) is 18.6. The number of ether oxygens (including phenoxy) is 1. The molecule has 1 saturated heterocycles. The molecule has 1 unspecified atom stereocenters. The van der Waals surface area contributed by atoms with E-state index in [-0.39, 0.29) is 12.5 Å². The molecule has 164 valence electrons. The smallest absolute Gasteiger partial charge is 0.265 e. The zero-order chi connectivity index (χ0) is 21.5. The minimum atomic E-state index is -0.000305. The van der Waals surface area contributed by atoms with Crippen molar-refractivity contribution < 1.29 is 9.53 Å². The summed E-state index contributed by atoms with van der Waals surface area (Å²) in [6.07, 6.45) is 1.87. The van der Waals surface area contributed by atoms with Crippen molar-refractivity contribution in [1.29, 1.82) is 0 Å². The molecule has 2 aliphatic rings. The number of fused-ring (bicyclic) bond motifs is 1. The summed E-state index contributed by atoms with van der Waals surface area (Å²) in [7, 11) is 0. The molecule has 31 heavy (non-hydrogen) atoms. The first-order valence-electron chi connectivity index (χ1n) is 11.1. The van der Waals surface area contributed by atoms with E-state index in [1.54, 1.807) is 0 Å². The Morgan fingerprint density at radius 2 is 1.97 bits per heavy atom. The number of rotatable bonds is 7. The van der Waals surface area contributed by atoms with E-state index < -0.39 is 0 Å². The molecule has 0 aliphatic carbocycles. The van der Waals surface area contributed by atoms with Crippen molar-refractivity contribution in [3.63, 3.8) is 0 Å². The average Bonchev–Trinajstić information content (AvgIpc) is 3.27. The molecule has 0 saturated carbocycles. The second-order valence-electron chi connectivity index (χ2n) is 7.83. The van der Waals surface area contributed by atoms with E-state index >= 15 is 0 Å². The minimum Gasteiger partial charge on any atom is -0.482 e. The normalized spacial score (nSPS) is 18.5. The van der Waals surface area contributed by atoms with Crippen LogP contribution in [0.25, 0.3) is 0 Å². The fourth-order valence-electron chi connectivity index (χ4n) is 4.08. The number of para-hydroxylation sites is 3. The van der Waals surface area contributed by atoms with Gasteiger partial charge in [-0.05, 0) is 44.0 Å². The average molecular weight is 422 g/mol. The number of hydrogen-bond acceptors (Lipinski definition) is 4. The summed E-state index contributed by atoms with van der Waals surface area (Å²) in [4.78, 5) is 21.3. The summed E-state index contributed by atoms with van der Waals surface area (Å²) in [5.74, 6) is 1.61. The van der Waals surface area contributed by atoms with Crippen molar-refractivity contribution in [1.82, 2.24) is 10.6 Å². The predicted octanol–water partition coefficient (Wildman–Crippen LogP) is 2.64. The highest BCUT2D eigenvalue weighted by molar-refractivity contribution is 5.97. The fraction of sp³-hybridized carbons (Fsp3) is 0.417. The molecular weight excluding hydrogens is 390 g/mol. The summed E-state index contributed by atoms with van der Waals surface area (Å²) < 4.78 is 5.51. The Morgan fingerprint density at radius 3 is 2.81 bits per heavy atom. The minimum absolute atomic E-state index is 0.000305. The van der Waals surface area contributed by atoms with Crippen molar-refractivity contribution in [3.8, 4) is 5.75 Å². The van der Waals surface area contributed by atoms with E-state index in [0.29, 0.717) is 19.1 Å². The van der Waals surface area contributed by atoms with Crippen LogP contribution in [-0.2, 0) is 4.79 Å². The highest BCUT2D eigenvalue weighted by Crippen LogP contribution is 2.31. The molecule has 7 nitrogen and oxygen atoms in total. The van der Waals surface area contributed by atoms with Crippen molar-refractivity contribution in [2.45, 2.75) is 25.8 Å². The van der Waals surface area contributed by atoms with Gasteiger partial charge in [0.1, 0.15) is 5.75 Å². The largest absolute Gasteiger partial charge is 0.482 e. The molecule has 0 radical (unpaired) electrons. The van der Waals surface area contributed by atoms with E-state index in [2.05, 4.69) is 46.7 Å². The quantitative estimate of drug-likeness (QED) is 0.409. The molecule has 1 atom stereocenters. The number of guanidine groups is 1. The van der Waals surface area contributed by atoms with Crippen LogP contribution >= 0.6 is 0 Å². The zero-order valence-corrected chi connectivity index (χ0v) is 18.1. The molecule has 4 rings (SSSR count). The topological polar surface area (TPSA) is 69.2 Å². The standard InChI is InChI=1S/C24H31N5O2/c1-2-25-24(27-19-13-16-28(17-19)20-9-4-3-5-10-20)26-14-8-15-29-21-11-6-7-12-22(21)31-18-23(29)30/h3-7,9-12,19H,2,8,13-18H2,1H3,(H2,25,26,27). The lowest BCUT2D eigenvalue weighted by Crippen LogP contribution is -2.44. The zero-order valence-electron chi connectivity index (χ0n) is 18.1. The molecule has 0 aromatic heterocycles. The third-order valence-corrected chi connectivity index (χ3v) is 5.61. The first-order valence-corrected chi connectivity index (χ1v) is 11.1. The van der Waals surface area contributed by atoms with Gasteiger partial charge in [0, 0.05) is 44.5 Å². The lowest BCUT2D eigenvalue weighted by Gasteiger charge is -2.29. The van der Waals surface area contributed by atoms with Crippen LogP contribution in [-0.4, -0.2) is 57.2 Å². The molecule has 2 N–H and O–H groups in total. The van der Waals surface area contributed by atoms with Crippen molar-refractivity contribution >= 4 is 23.2 Å². The summed E-state index contributed by atoms with van der Waals surface area (Å²) in [5.41, 5.74) is 2.11. The Balaban J connectivity index is 1.29. The molecule has 2 aliphatic heterocycles. The maximum atomic E-state index is 12.3. The number of anilines is 2. The number of nitrogens with zero attached hydrogens (tertiary/aromatic N) is 3. The Hall–Kier alpha value is -3.22. The van der Waals surface area contributed by atoms with Crippen molar-refractivity contribution in [2.24, 2.45) is 4.99 Å². The first-order chi connectivity index (χ1) is 15.2. The number of benzene rings is 2. The second kappa shape index (κ2) is 10.2. The maximum Gasteiger partial charge on any atom is 0.265 e. The van der Waals surface area contributed by atoms with Gasteiger partial charge in [0.25, 0.3) is 5.91 Å². The van der Waals surface area contributed by atoms with E-state index in [1.165, 1.54) is 5.69 Å². The van der Waals surface area contributed by atoms with Crippen LogP contribution in [0.2, 0.25) is 0 Å². The monoisotopic (exact) mass is 421 g/mol. The Bertz CT molecular complexity index is 902. The SMILES string of the molecule is CCNC(=NCCCN1C(=O)COc2ccccc21)NC1CCN(c2ccccc2)C1. The van der Waals surface area contributed by atoms with E-state index in [1.807, 2.05) is 35.2 Å². The lowest BCUT2D eigenvalue weighted by atomic mass is 10.2. The molecule has 2 aromatic rings. The highest BCUT2D eigenvalue weighted by Gasteiger charge is 2.25. The highest BCUT2D eigenvalue weighted by atomic mass is 16.5. The van der Waals surface area contributed by atoms with Gasteiger partial charge in [0.2, 0.25) is 0 Å². The van der Waals surface area contributed by atoms with Gasteiger partial charge < -0.3 is 25.2 Å². The van der Waals surface area contributed by atoms with Gasteiger partial charge in [-0.25, -0.2) is 0 Å². The predicted molar refractivity (Wildman–Crippen MR) is 125 cm³/mol. The van der Waals surface area contributed by atoms with E-state index in [4.69, 9.17) is 9.73 Å². The molecule has 2 aromatic carbocycles. The van der Waals surface area contributed by atoms with Crippen LogP contribution in [0.15, 0.2) is 59.6 Å². The van der Waals surface area contributed by atoms with Crippen LogP contribution in [0.5, 0.6) is 5.75 Å². The molecule has 0 bridgehead atoms. The van der Waals surface area contributed by atoms with Crippen LogP contribution in [0.1, 0.15) is 19.8 Å². The van der Waals surface area contributed by atoms with Gasteiger partial charge >= 0.3 is 0 Å². The Labute approximate surface area is 184 Å². The molecule has 0 spiro atoms. The van der Waals surface area contributed by atoms with Gasteiger partial charge in [-0.1, -0.05) is 30.3 Å².